The molecule has 34 heavy (non-hydrogen) atoms. The van der Waals surface area contributed by atoms with Crippen LogP contribution in [-0.4, -0.2) is 50.8 Å². The predicted molar refractivity (Wildman–Crippen MR) is 127 cm³/mol. The van der Waals surface area contributed by atoms with Crippen LogP contribution in [0.25, 0.3) is 0 Å². The molecule has 8 heteroatoms. The Labute approximate surface area is 201 Å². The predicted octanol–water partition coefficient (Wildman–Crippen LogP) is 3.55. The van der Waals surface area contributed by atoms with Crippen molar-refractivity contribution in [1.82, 2.24) is 25.2 Å². The molecule has 1 aromatic heterocycles. The Hall–Kier alpha value is -2.74. The fourth-order valence-electron chi connectivity index (χ4n) is 5.40. The van der Waals surface area contributed by atoms with E-state index in [-0.39, 0.29) is 23.8 Å². The molecule has 0 unspecified atom stereocenters. The molecule has 3 aliphatic rings. The van der Waals surface area contributed by atoms with Gasteiger partial charge in [-0.25, -0.2) is 4.68 Å². The first kappa shape index (κ1) is 23.0. The van der Waals surface area contributed by atoms with Crippen LogP contribution < -0.4 is 5.32 Å². The SMILES string of the molecule is Cc1ccc([C@H]2Cn3nnc(C(=O)N4CCC(C(=O)NC5CCCCCC5)CC4)c3CO2)cc1. The Kier molecular flexibility index (Phi) is 6.94. The molecule has 8 nitrogen and oxygen atoms in total. The first-order valence-electron chi connectivity index (χ1n) is 12.8. The highest BCUT2D eigenvalue weighted by molar-refractivity contribution is 5.93. The fraction of sp³-hybridized carbons (Fsp3) is 0.615. The molecule has 1 atom stereocenters. The summed E-state index contributed by atoms with van der Waals surface area (Å²) in [5.74, 6) is 0.0387. The molecule has 1 aromatic carbocycles. The highest BCUT2D eigenvalue weighted by atomic mass is 16.5. The zero-order valence-corrected chi connectivity index (χ0v) is 20.0. The molecule has 3 heterocycles. The van der Waals surface area contributed by atoms with Gasteiger partial charge in [0.2, 0.25) is 5.91 Å². The number of aryl methyl sites for hydroxylation is 1. The van der Waals surface area contributed by atoms with Crippen LogP contribution in [0.15, 0.2) is 24.3 Å². The maximum absolute atomic E-state index is 13.2. The number of fused-ring (bicyclic) bond motifs is 1. The van der Waals surface area contributed by atoms with Gasteiger partial charge in [0, 0.05) is 25.0 Å². The van der Waals surface area contributed by atoms with E-state index in [0.29, 0.717) is 50.8 Å². The lowest BCUT2D eigenvalue weighted by molar-refractivity contribution is -0.127. The lowest BCUT2D eigenvalue weighted by atomic mass is 9.94. The Morgan fingerprint density at radius 1 is 1.00 bits per heavy atom. The summed E-state index contributed by atoms with van der Waals surface area (Å²) in [5, 5.41) is 11.8. The summed E-state index contributed by atoms with van der Waals surface area (Å²) in [4.78, 5) is 27.8. The van der Waals surface area contributed by atoms with Crippen molar-refractivity contribution in [1.29, 1.82) is 0 Å². The van der Waals surface area contributed by atoms with E-state index in [1.54, 1.807) is 4.68 Å². The monoisotopic (exact) mass is 465 g/mol. The minimum atomic E-state index is -0.110. The Morgan fingerprint density at radius 2 is 1.71 bits per heavy atom. The first-order valence-corrected chi connectivity index (χ1v) is 12.8. The van der Waals surface area contributed by atoms with Gasteiger partial charge in [-0.1, -0.05) is 60.7 Å². The second kappa shape index (κ2) is 10.3. The van der Waals surface area contributed by atoms with E-state index in [9.17, 15) is 9.59 Å². The summed E-state index contributed by atoms with van der Waals surface area (Å²) >= 11 is 0. The molecule has 5 rings (SSSR count). The number of ether oxygens (including phenoxy) is 1. The van der Waals surface area contributed by atoms with E-state index >= 15 is 0 Å². The molecular weight excluding hydrogens is 430 g/mol. The van der Waals surface area contributed by atoms with E-state index in [1.165, 1.54) is 31.2 Å². The molecule has 0 radical (unpaired) electrons. The smallest absolute Gasteiger partial charge is 0.276 e. The summed E-state index contributed by atoms with van der Waals surface area (Å²) in [6, 6.07) is 8.62. The summed E-state index contributed by atoms with van der Waals surface area (Å²) in [6.45, 7) is 4.06. The molecule has 2 aromatic rings. The molecule has 182 valence electrons. The van der Waals surface area contributed by atoms with Gasteiger partial charge in [-0.3, -0.25) is 9.59 Å². The van der Waals surface area contributed by atoms with Crippen molar-refractivity contribution in [3.05, 3.63) is 46.8 Å². The van der Waals surface area contributed by atoms with Crippen LogP contribution in [0.2, 0.25) is 0 Å². The number of aromatic nitrogens is 3. The zero-order chi connectivity index (χ0) is 23.5. The van der Waals surface area contributed by atoms with Crippen LogP contribution in [-0.2, 0) is 22.7 Å². The summed E-state index contributed by atoms with van der Waals surface area (Å²) < 4.78 is 7.87. The van der Waals surface area contributed by atoms with Gasteiger partial charge in [-0.15, -0.1) is 5.10 Å². The molecule has 2 fully saturated rings. The third kappa shape index (κ3) is 5.02. The molecule has 1 N–H and O–H groups in total. The van der Waals surface area contributed by atoms with E-state index < -0.39 is 0 Å². The summed E-state index contributed by atoms with van der Waals surface area (Å²) in [7, 11) is 0. The average Bonchev–Trinajstić information content (AvgIpc) is 3.12. The van der Waals surface area contributed by atoms with Crippen molar-refractivity contribution in [3.8, 4) is 0 Å². The van der Waals surface area contributed by atoms with Gasteiger partial charge in [-0.2, -0.15) is 0 Å². The second-order valence-electron chi connectivity index (χ2n) is 10.0. The molecule has 1 aliphatic carbocycles. The highest BCUT2D eigenvalue weighted by Gasteiger charge is 2.33. The number of carbonyl (C=O) groups excluding carboxylic acids is 2. The lowest BCUT2D eigenvalue weighted by Gasteiger charge is -2.32. The van der Waals surface area contributed by atoms with Crippen molar-refractivity contribution in [3.63, 3.8) is 0 Å². The van der Waals surface area contributed by atoms with Gasteiger partial charge < -0.3 is 15.0 Å². The maximum Gasteiger partial charge on any atom is 0.276 e. The first-order chi connectivity index (χ1) is 16.6. The van der Waals surface area contributed by atoms with Gasteiger partial charge in [0.1, 0.15) is 6.10 Å². The van der Waals surface area contributed by atoms with E-state index in [2.05, 4.69) is 46.8 Å². The number of hydrogen-bond acceptors (Lipinski definition) is 5. The van der Waals surface area contributed by atoms with Crippen LogP contribution in [0.4, 0.5) is 0 Å². The van der Waals surface area contributed by atoms with E-state index in [0.717, 1.165) is 24.1 Å². The number of likely N-dealkylation sites (tertiary alicyclic amines) is 1. The minimum Gasteiger partial charge on any atom is -0.365 e. The fourth-order valence-corrected chi connectivity index (χ4v) is 5.40. The number of hydrogen-bond donors (Lipinski definition) is 1. The Balaban J connectivity index is 1.16. The molecule has 1 saturated carbocycles. The number of nitrogens with one attached hydrogen (secondary N) is 1. The van der Waals surface area contributed by atoms with Gasteiger partial charge in [0.25, 0.3) is 5.91 Å². The molecule has 2 aliphatic heterocycles. The van der Waals surface area contributed by atoms with E-state index in [4.69, 9.17) is 4.74 Å². The minimum absolute atomic E-state index is 0.0139. The Bertz CT molecular complexity index is 1000. The number of nitrogens with zero attached hydrogens (tertiary/aromatic N) is 4. The van der Waals surface area contributed by atoms with Gasteiger partial charge in [0.05, 0.1) is 18.8 Å². The second-order valence-corrected chi connectivity index (χ2v) is 10.0. The van der Waals surface area contributed by atoms with Crippen LogP contribution in [0.1, 0.15) is 84.8 Å². The molecule has 2 amide bonds. The quantitative estimate of drug-likeness (QED) is 0.698. The normalized spacial score (nSPS) is 22.1. The standard InChI is InChI=1S/C26H35N5O3/c1-18-8-10-19(11-9-18)23-16-31-22(17-34-23)24(28-29-31)26(33)30-14-12-20(13-15-30)25(32)27-21-6-4-2-3-5-7-21/h8-11,20-21,23H,2-7,12-17H2,1H3,(H,27,32)/t23-/m1/s1. The largest absolute Gasteiger partial charge is 0.365 e. The number of rotatable bonds is 4. The summed E-state index contributed by atoms with van der Waals surface area (Å²) in [5.41, 5.74) is 3.42. The lowest BCUT2D eigenvalue weighted by Crippen LogP contribution is -2.45. The number of carbonyl (C=O) groups is 2. The summed E-state index contributed by atoms with van der Waals surface area (Å²) in [6.07, 6.45) is 8.43. The molecule has 0 spiro atoms. The topological polar surface area (TPSA) is 89.4 Å². The molecular formula is C26H35N5O3. The average molecular weight is 466 g/mol. The Morgan fingerprint density at radius 3 is 2.41 bits per heavy atom. The van der Waals surface area contributed by atoms with Crippen molar-refractivity contribution in [2.45, 2.75) is 83.6 Å². The third-order valence-corrected chi connectivity index (χ3v) is 7.60. The van der Waals surface area contributed by atoms with Gasteiger partial charge in [0.15, 0.2) is 5.69 Å². The third-order valence-electron chi connectivity index (χ3n) is 7.60. The van der Waals surface area contributed by atoms with Crippen LogP contribution >= 0.6 is 0 Å². The van der Waals surface area contributed by atoms with Crippen molar-refractivity contribution < 1.29 is 14.3 Å². The van der Waals surface area contributed by atoms with Crippen LogP contribution in [0, 0.1) is 12.8 Å². The van der Waals surface area contributed by atoms with Crippen molar-refractivity contribution >= 4 is 11.8 Å². The van der Waals surface area contributed by atoms with E-state index in [1.807, 2.05) is 4.90 Å². The molecule has 1 saturated heterocycles. The maximum atomic E-state index is 13.2. The number of benzene rings is 1. The van der Waals surface area contributed by atoms with Crippen LogP contribution in [0.5, 0.6) is 0 Å². The van der Waals surface area contributed by atoms with Crippen molar-refractivity contribution in [2.24, 2.45) is 5.92 Å². The zero-order valence-electron chi connectivity index (χ0n) is 20.0. The number of amides is 2. The van der Waals surface area contributed by atoms with Crippen LogP contribution in [0.3, 0.4) is 0 Å². The number of piperidine rings is 1. The molecule has 0 bridgehead atoms. The van der Waals surface area contributed by atoms with Crippen molar-refractivity contribution in [2.75, 3.05) is 13.1 Å². The van der Waals surface area contributed by atoms with Gasteiger partial charge >= 0.3 is 0 Å². The van der Waals surface area contributed by atoms with Gasteiger partial charge in [-0.05, 0) is 38.2 Å². The highest BCUT2D eigenvalue weighted by Crippen LogP contribution is 2.28.